The van der Waals surface area contributed by atoms with Crippen LogP contribution in [0.25, 0.3) is 11.5 Å². The fourth-order valence-corrected chi connectivity index (χ4v) is 3.32. The van der Waals surface area contributed by atoms with E-state index in [0.29, 0.717) is 36.2 Å². The third-order valence-electron chi connectivity index (χ3n) is 5.75. The molecule has 0 radical (unpaired) electrons. The molecule has 3 rings (SSSR count). The highest BCUT2D eigenvalue weighted by molar-refractivity contribution is 5.76. The maximum absolute atomic E-state index is 12.0. The molecule has 6 nitrogen and oxygen atoms in total. The van der Waals surface area contributed by atoms with Gasteiger partial charge in [-0.25, -0.2) is 0 Å². The van der Waals surface area contributed by atoms with E-state index in [1.54, 1.807) is 6.20 Å². The summed E-state index contributed by atoms with van der Waals surface area (Å²) >= 11 is 0. The number of amides is 1. The number of aromatic nitrogens is 3. The third-order valence-corrected chi connectivity index (χ3v) is 5.75. The first-order valence-corrected chi connectivity index (χ1v) is 8.33. The van der Waals surface area contributed by atoms with Gasteiger partial charge in [0.15, 0.2) is 0 Å². The van der Waals surface area contributed by atoms with E-state index in [1.807, 2.05) is 18.2 Å². The van der Waals surface area contributed by atoms with Gasteiger partial charge in [0.1, 0.15) is 5.69 Å². The van der Waals surface area contributed by atoms with Crippen molar-refractivity contribution in [2.75, 3.05) is 6.54 Å². The van der Waals surface area contributed by atoms with Crippen LogP contribution >= 0.6 is 0 Å². The van der Waals surface area contributed by atoms with Gasteiger partial charge in [-0.05, 0) is 28.9 Å². The topological polar surface area (TPSA) is 80.9 Å². The van der Waals surface area contributed by atoms with Crippen molar-refractivity contribution in [1.82, 2.24) is 20.4 Å². The second-order valence-corrected chi connectivity index (χ2v) is 7.53. The van der Waals surface area contributed by atoms with Crippen LogP contribution in [0.5, 0.6) is 0 Å². The van der Waals surface area contributed by atoms with Crippen LogP contribution in [0.1, 0.15) is 40.0 Å². The molecule has 0 aliphatic heterocycles. The zero-order valence-electron chi connectivity index (χ0n) is 14.7. The molecule has 1 aliphatic rings. The summed E-state index contributed by atoms with van der Waals surface area (Å²) in [5, 5.41) is 6.93. The molecule has 0 unspecified atom stereocenters. The molecule has 1 aliphatic carbocycles. The van der Waals surface area contributed by atoms with E-state index in [0.717, 1.165) is 6.54 Å². The van der Waals surface area contributed by atoms with Crippen molar-refractivity contribution in [3.05, 3.63) is 30.3 Å². The zero-order chi connectivity index (χ0) is 17.4. The van der Waals surface area contributed by atoms with Gasteiger partial charge in [0.05, 0.1) is 0 Å². The maximum atomic E-state index is 12.0. The summed E-state index contributed by atoms with van der Waals surface area (Å²) in [6.45, 7) is 9.73. The number of rotatable bonds is 6. The molecule has 0 atom stereocenters. The normalized spacial score (nSPS) is 18.3. The Kier molecular flexibility index (Phi) is 4.15. The molecule has 24 heavy (non-hydrogen) atoms. The second kappa shape index (κ2) is 6.00. The monoisotopic (exact) mass is 328 g/mol. The molecule has 2 aromatic heterocycles. The summed E-state index contributed by atoms with van der Waals surface area (Å²) in [4.78, 5) is 20.5. The molecule has 1 amide bonds. The van der Waals surface area contributed by atoms with Gasteiger partial charge in [0.2, 0.25) is 17.6 Å². The molecule has 1 saturated carbocycles. The van der Waals surface area contributed by atoms with E-state index < -0.39 is 0 Å². The average Bonchev–Trinajstić information content (AvgIpc) is 2.89. The highest BCUT2D eigenvalue weighted by atomic mass is 16.5. The molecule has 2 heterocycles. The van der Waals surface area contributed by atoms with Crippen molar-refractivity contribution in [1.29, 1.82) is 0 Å². The fourth-order valence-electron chi connectivity index (χ4n) is 3.32. The lowest BCUT2D eigenvalue weighted by Gasteiger charge is -2.05. The molecule has 6 heteroatoms. The Hall–Kier alpha value is -2.24. The predicted octanol–water partition coefficient (Wildman–Crippen LogP) is 2.86. The van der Waals surface area contributed by atoms with E-state index in [9.17, 15) is 4.79 Å². The first-order valence-electron chi connectivity index (χ1n) is 8.33. The highest BCUT2D eigenvalue weighted by Crippen LogP contribution is 2.67. The van der Waals surface area contributed by atoms with Gasteiger partial charge in [-0.1, -0.05) is 38.9 Å². The number of carbonyl (C=O) groups is 1. The van der Waals surface area contributed by atoms with Gasteiger partial charge < -0.3 is 9.84 Å². The van der Waals surface area contributed by atoms with Crippen LogP contribution in [0, 0.1) is 16.7 Å². The molecule has 0 saturated heterocycles. The summed E-state index contributed by atoms with van der Waals surface area (Å²) < 4.78 is 5.19. The summed E-state index contributed by atoms with van der Waals surface area (Å²) in [6.07, 6.45) is 2.46. The van der Waals surface area contributed by atoms with E-state index in [-0.39, 0.29) is 16.7 Å². The molecule has 1 fully saturated rings. The summed E-state index contributed by atoms with van der Waals surface area (Å²) in [5.74, 6) is 1.45. The zero-order valence-corrected chi connectivity index (χ0v) is 14.7. The van der Waals surface area contributed by atoms with Gasteiger partial charge >= 0.3 is 0 Å². The predicted molar refractivity (Wildman–Crippen MR) is 89.9 cm³/mol. The van der Waals surface area contributed by atoms with Gasteiger partial charge in [-0.3, -0.25) is 9.78 Å². The van der Waals surface area contributed by atoms with Crippen LogP contribution in [-0.4, -0.2) is 27.6 Å². The highest BCUT2D eigenvalue weighted by Gasteiger charge is 2.64. The minimum Gasteiger partial charge on any atom is -0.356 e. The smallest absolute Gasteiger partial charge is 0.227 e. The van der Waals surface area contributed by atoms with E-state index in [4.69, 9.17) is 4.52 Å². The first-order chi connectivity index (χ1) is 11.3. The number of pyridine rings is 1. The minimum atomic E-state index is 0.0195. The summed E-state index contributed by atoms with van der Waals surface area (Å²) in [6, 6.07) is 5.52. The number of hydrogen-bond acceptors (Lipinski definition) is 5. The lowest BCUT2D eigenvalue weighted by molar-refractivity contribution is -0.121. The Bertz CT molecular complexity index is 708. The standard InChI is InChI=1S/C18H24N4O2/c1-17(2)13(18(17,3)4)11-20-14(23)8-9-15-21-16(22-24-15)12-7-5-6-10-19-12/h5-7,10,13H,8-9,11H2,1-4H3,(H,20,23). The third kappa shape index (κ3) is 3.05. The molecule has 128 valence electrons. The maximum Gasteiger partial charge on any atom is 0.227 e. The fraction of sp³-hybridized carbons (Fsp3) is 0.556. The van der Waals surface area contributed by atoms with Gasteiger partial charge in [-0.2, -0.15) is 4.98 Å². The molecule has 2 aromatic rings. The molecule has 0 aromatic carbocycles. The van der Waals surface area contributed by atoms with Crippen molar-refractivity contribution in [3.63, 3.8) is 0 Å². The van der Waals surface area contributed by atoms with Crippen LogP contribution in [0.2, 0.25) is 0 Å². The molecular weight excluding hydrogens is 304 g/mol. The number of nitrogens with zero attached hydrogens (tertiary/aromatic N) is 3. The SMILES string of the molecule is CC1(C)C(CNC(=O)CCc2nc(-c3ccccn3)no2)C1(C)C. The summed E-state index contributed by atoms with van der Waals surface area (Å²) in [7, 11) is 0. The van der Waals surface area contributed by atoms with E-state index in [2.05, 4.69) is 48.1 Å². The molecular formula is C18H24N4O2. The van der Waals surface area contributed by atoms with Gasteiger partial charge in [0, 0.05) is 25.6 Å². The van der Waals surface area contributed by atoms with E-state index in [1.165, 1.54) is 0 Å². The van der Waals surface area contributed by atoms with Gasteiger partial charge in [0.25, 0.3) is 0 Å². The van der Waals surface area contributed by atoms with Crippen molar-refractivity contribution >= 4 is 5.91 Å². The van der Waals surface area contributed by atoms with Crippen LogP contribution in [-0.2, 0) is 11.2 Å². The molecule has 0 spiro atoms. The number of hydrogen-bond donors (Lipinski definition) is 1. The minimum absolute atomic E-state index is 0.0195. The van der Waals surface area contributed by atoms with Crippen LogP contribution in [0.4, 0.5) is 0 Å². The van der Waals surface area contributed by atoms with Crippen molar-refractivity contribution in [3.8, 4) is 11.5 Å². The number of nitrogens with one attached hydrogen (secondary N) is 1. The summed E-state index contributed by atoms with van der Waals surface area (Å²) in [5.41, 5.74) is 1.23. The van der Waals surface area contributed by atoms with E-state index >= 15 is 0 Å². The lowest BCUT2D eigenvalue weighted by atomic mass is 10.0. The Morgan fingerprint density at radius 2 is 2.00 bits per heavy atom. The lowest BCUT2D eigenvalue weighted by Crippen LogP contribution is -2.27. The van der Waals surface area contributed by atoms with Gasteiger partial charge in [-0.15, -0.1) is 0 Å². The van der Waals surface area contributed by atoms with Crippen LogP contribution in [0.3, 0.4) is 0 Å². The van der Waals surface area contributed by atoms with Crippen LogP contribution in [0.15, 0.2) is 28.9 Å². The first kappa shape index (κ1) is 16.6. The Labute approximate surface area is 142 Å². The van der Waals surface area contributed by atoms with Crippen molar-refractivity contribution in [2.24, 2.45) is 16.7 Å². The number of carbonyl (C=O) groups excluding carboxylic acids is 1. The second-order valence-electron chi connectivity index (χ2n) is 7.53. The Morgan fingerprint density at radius 1 is 1.25 bits per heavy atom. The Morgan fingerprint density at radius 3 is 2.62 bits per heavy atom. The number of aryl methyl sites for hydroxylation is 1. The quantitative estimate of drug-likeness (QED) is 0.882. The van der Waals surface area contributed by atoms with Crippen LogP contribution < -0.4 is 5.32 Å². The molecule has 0 bridgehead atoms. The molecule has 1 N–H and O–H groups in total. The largest absolute Gasteiger partial charge is 0.356 e. The van der Waals surface area contributed by atoms with Crippen molar-refractivity contribution in [2.45, 2.75) is 40.5 Å². The average molecular weight is 328 g/mol. The van der Waals surface area contributed by atoms with Crippen molar-refractivity contribution < 1.29 is 9.32 Å². The Balaban J connectivity index is 1.47.